The Morgan fingerprint density at radius 2 is 1.87 bits per heavy atom. The normalized spacial score (nSPS) is 20.1. The van der Waals surface area contributed by atoms with Crippen LogP contribution in [0.25, 0.3) is 0 Å². The Morgan fingerprint density at radius 1 is 1.23 bits per heavy atom. The number of urea groups is 1. The molecule has 0 aromatic heterocycles. The highest BCUT2D eigenvalue weighted by molar-refractivity contribution is 14.0. The largest absolute Gasteiger partial charge is 0.357 e. The number of piperidine rings is 1. The number of aliphatic imine (C=N–C) groups is 1. The van der Waals surface area contributed by atoms with Gasteiger partial charge in [0.25, 0.3) is 0 Å². The molecule has 0 bridgehead atoms. The van der Waals surface area contributed by atoms with Crippen molar-refractivity contribution in [1.82, 2.24) is 20.9 Å². The fourth-order valence-corrected chi connectivity index (χ4v) is 4.67. The summed E-state index contributed by atoms with van der Waals surface area (Å²) in [6.45, 7) is 7.33. The van der Waals surface area contributed by atoms with Crippen molar-refractivity contribution < 1.29 is 4.79 Å². The van der Waals surface area contributed by atoms with Crippen molar-refractivity contribution >= 4 is 36.0 Å². The van der Waals surface area contributed by atoms with Crippen LogP contribution < -0.4 is 21.7 Å². The fourth-order valence-electron chi connectivity index (χ4n) is 4.67. The first-order chi connectivity index (χ1) is 14.5. The summed E-state index contributed by atoms with van der Waals surface area (Å²) in [7, 11) is 0. The van der Waals surface area contributed by atoms with Crippen LogP contribution in [0.2, 0.25) is 0 Å². The second kappa shape index (κ2) is 12.5. The van der Waals surface area contributed by atoms with Crippen molar-refractivity contribution in [3.05, 3.63) is 35.9 Å². The van der Waals surface area contributed by atoms with Gasteiger partial charge < -0.3 is 26.6 Å². The van der Waals surface area contributed by atoms with Crippen molar-refractivity contribution in [3.8, 4) is 0 Å². The Balaban J connectivity index is 0.00000341. The predicted octanol–water partition coefficient (Wildman–Crippen LogP) is 3.37. The molecule has 5 N–H and O–H groups in total. The van der Waals surface area contributed by atoms with Gasteiger partial charge in [-0.1, -0.05) is 43.2 Å². The lowest BCUT2D eigenvalue weighted by Gasteiger charge is -2.34. The van der Waals surface area contributed by atoms with Crippen LogP contribution in [-0.4, -0.2) is 54.7 Å². The van der Waals surface area contributed by atoms with Crippen LogP contribution in [0.1, 0.15) is 64.0 Å². The molecule has 1 aromatic rings. The van der Waals surface area contributed by atoms with Gasteiger partial charge in [-0.05, 0) is 45.1 Å². The van der Waals surface area contributed by atoms with Crippen LogP contribution in [0.15, 0.2) is 35.3 Å². The monoisotopic (exact) mass is 542 g/mol. The Morgan fingerprint density at radius 3 is 2.45 bits per heavy atom. The number of guanidine groups is 1. The van der Waals surface area contributed by atoms with E-state index in [-0.39, 0.29) is 35.5 Å². The molecule has 2 amide bonds. The van der Waals surface area contributed by atoms with Crippen LogP contribution in [0, 0.1) is 0 Å². The third kappa shape index (κ3) is 7.52. The first kappa shape index (κ1) is 25.7. The second-order valence-corrected chi connectivity index (χ2v) is 8.70. The predicted molar refractivity (Wildman–Crippen MR) is 138 cm³/mol. The topological polar surface area (TPSA) is 94.8 Å². The van der Waals surface area contributed by atoms with Gasteiger partial charge in [-0.3, -0.25) is 4.99 Å². The third-order valence-electron chi connectivity index (χ3n) is 6.41. The van der Waals surface area contributed by atoms with E-state index in [1.165, 1.54) is 18.4 Å². The Kier molecular flexibility index (Phi) is 10.3. The van der Waals surface area contributed by atoms with E-state index in [0.29, 0.717) is 25.2 Å². The molecule has 31 heavy (non-hydrogen) atoms. The molecular weight excluding hydrogens is 503 g/mol. The minimum Gasteiger partial charge on any atom is -0.357 e. The Hall–Kier alpha value is -1.55. The van der Waals surface area contributed by atoms with Gasteiger partial charge in [-0.25, -0.2) is 4.79 Å². The van der Waals surface area contributed by atoms with E-state index in [9.17, 15) is 4.79 Å². The van der Waals surface area contributed by atoms with Gasteiger partial charge in [0.2, 0.25) is 0 Å². The van der Waals surface area contributed by atoms with Crippen molar-refractivity contribution in [3.63, 3.8) is 0 Å². The molecule has 0 spiro atoms. The highest BCUT2D eigenvalue weighted by Crippen LogP contribution is 2.32. The molecule has 1 saturated carbocycles. The number of hydrogen-bond acceptors (Lipinski definition) is 3. The average molecular weight is 543 g/mol. The molecule has 8 heteroatoms. The number of hydrogen-bond donors (Lipinski definition) is 4. The zero-order chi connectivity index (χ0) is 21.4. The van der Waals surface area contributed by atoms with E-state index in [4.69, 9.17) is 10.7 Å². The molecule has 7 nitrogen and oxygen atoms in total. The average Bonchev–Trinajstić information content (AvgIpc) is 3.22. The highest BCUT2D eigenvalue weighted by Gasteiger charge is 2.35. The number of rotatable bonds is 7. The van der Waals surface area contributed by atoms with Gasteiger partial charge in [-0.2, -0.15) is 0 Å². The summed E-state index contributed by atoms with van der Waals surface area (Å²) in [6, 6.07) is 10.9. The number of nitrogens with two attached hydrogens (primary N) is 1. The molecule has 1 aliphatic heterocycles. The van der Waals surface area contributed by atoms with Crippen LogP contribution >= 0.6 is 24.0 Å². The molecule has 3 rings (SSSR count). The molecule has 1 heterocycles. The van der Waals surface area contributed by atoms with E-state index in [2.05, 4.69) is 60.1 Å². The number of amides is 2. The number of carbonyl (C=O) groups excluding carboxylic acids is 1. The number of nitrogens with one attached hydrogen (secondary N) is 3. The second-order valence-electron chi connectivity index (χ2n) is 8.70. The zero-order valence-electron chi connectivity index (χ0n) is 18.9. The highest BCUT2D eigenvalue weighted by atomic mass is 127. The molecule has 2 fully saturated rings. The van der Waals surface area contributed by atoms with Crippen LogP contribution in [0.3, 0.4) is 0 Å². The summed E-state index contributed by atoms with van der Waals surface area (Å²) in [5.74, 6) is 0.871. The smallest absolute Gasteiger partial charge is 0.314 e. The molecule has 1 atom stereocenters. The first-order valence-corrected chi connectivity index (χ1v) is 11.4. The fraction of sp³-hybridized carbons (Fsp3) is 0.652. The van der Waals surface area contributed by atoms with E-state index in [1.54, 1.807) is 4.90 Å². The van der Waals surface area contributed by atoms with Gasteiger partial charge >= 0.3 is 6.03 Å². The SMILES string of the molecule is CCNC(=NCC1(NC(C)c2ccccc2)CCCC1)NC1CCN(C(N)=O)CC1.I. The summed E-state index contributed by atoms with van der Waals surface area (Å²) in [4.78, 5) is 18.0. The maximum Gasteiger partial charge on any atom is 0.314 e. The van der Waals surface area contributed by atoms with Gasteiger partial charge in [0.05, 0.1) is 6.54 Å². The van der Waals surface area contributed by atoms with Gasteiger partial charge in [0.1, 0.15) is 0 Å². The number of likely N-dealkylation sites (tertiary alicyclic amines) is 1. The minimum atomic E-state index is -0.323. The molecule has 1 saturated heterocycles. The van der Waals surface area contributed by atoms with Crippen molar-refractivity contribution in [2.45, 2.75) is 70.0 Å². The van der Waals surface area contributed by atoms with Gasteiger partial charge in [0, 0.05) is 37.3 Å². The maximum absolute atomic E-state index is 11.3. The molecule has 1 aliphatic carbocycles. The summed E-state index contributed by atoms with van der Waals surface area (Å²) in [5.41, 5.74) is 6.77. The summed E-state index contributed by atoms with van der Waals surface area (Å²) in [6.07, 6.45) is 6.59. The molecule has 1 aromatic carbocycles. The van der Waals surface area contributed by atoms with E-state index in [1.807, 2.05) is 0 Å². The quantitative estimate of drug-likeness (QED) is 0.242. The first-order valence-electron chi connectivity index (χ1n) is 11.4. The summed E-state index contributed by atoms with van der Waals surface area (Å²) >= 11 is 0. The third-order valence-corrected chi connectivity index (χ3v) is 6.41. The van der Waals surface area contributed by atoms with Crippen molar-refractivity contribution in [2.24, 2.45) is 10.7 Å². The number of benzene rings is 1. The van der Waals surface area contributed by atoms with Crippen molar-refractivity contribution in [1.29, 1.82) is 0 Å². The van der Waals surface area contributed by atoms with Gasteiger partial charge in [0.15, 0.2) is 5.96 Å². The molecular formula is C23H39IN6O. The molecule has 1 unspecified atom stereocenters. The maximum atomic E-state index is 11.3. The number of carbonyl (C=O) groups is 1. The number of halogens is 1. The van der Waals surface area contributed by atoms with E-state index >= 15 is 0 Å². The molecule has 174 valence electrons. The number of nitrogens with zero attached hydrogens (tertiary/aromatic N) is 2. The van der Waals surface area contributed by atoms with Gasteiger partial charge in [-0.15, -0.1) is 24.0 Å². The Labute approximate surface area is 204 Å². The lowest BCUT2D eigenvalue weighted by molar-refractivity contribution is 0.188. The summed E-state index contributed by atoms with van der Waals surface area (Å²) in [5, 5.41) is 10.9. The number of primary amides is 1. The summed E-state index contributed by atoms with van der Waals surface area (Å²) < 4.78 is 0. The van der Waals surface area contributed by atoms with Crippen LogP contribution in [-0.2, 0) is 0 Å². The van der Waals surface area contributed by atoms with E-state index in [0.717, 1.165) is 44.7 Å². The molecule has 0 radical (unpaired) electrons. The lowest BCUT2D eigenvalue weighted by atomic mass is 9.95. The van der Waals surface area contributed by atoms with Crippen molar-refractivity contribution in [2.75, 3.05) is 26.2 Å². The minimum absolute atomic E-state index is 0. The van der Waals surface area contributed by atoms with Crippen LogP contribution in [0.4, 0.5) is 4.79 Å². The van der Waals surface area contributed by atoms with E-state index < -0.39 is 0 Å². The lowest BCUT2D eigenvalue weighted by Crippen LogP contribution is -2.52. The Bertz CT molecular complexity index is 699. The zero-order valence-corrected chi connectivity index (χ0v) is 21.2. The standard InChI is InChI=1S/C23H38N6O.HI/c1-3-25-22(27-20-11-15-29(16-12-20)21(24)30)26-17-23(13-7-8-14-23)28-18(2)19-9-5-4-6-10-19;/h4-6,9-10,18,20,28H,3,7-8,11-17H2,1-2H3,(H2,24,30)(H2,25,26,27);1H. The van der Waals surface area contributed by atoms with Crippen LogP contribution in [0.5, 0.6) is 0 Å². The molecule has 2 aliphatic rings.